The molecule has 0 spiro atoms. The fraction of sp³-hybridized carbons (Fsp3) is 0.565. The summed E-state index contributed by atoms with van der Waals surface area (Å²) in [6.07, 6.45) is 17.3. The molecule has 0 heteroatoms. The quantitative estimate of drug-likeness (QED) is 0.483. The third kappa shape index (κ3) is 4.83. The minimum atomic E-state index is 0.237. The molecule has 0 aromatic carbocycles. The Morgan fingerprint density at radius 3 is 2.17 bits per heavy atom. The van der Waals surface area contributed by atoms with Crippen molar-refractivity contribution in [2.45, 2.75) is 67.7 Å². The molecule has 0 heterocycles. The van der Waals surface area contributed by atoms with Crippen molar-refractivity contribution in [3.63, 3.8) is 0 Å². The Kier molecular flexibility index (Phi) is 5.23. The van der Waals surface area contributed by atoms with Crippen LogP contribution < -0.4 is 0 Å². The van der Waals surface area contributed by atoms with E-state index in [4.69, 9.17) is 0 Å². The Bertz CT molecular complexity index is 577. The van der Waals surface area contributed by atoms with E-state index in [0.29, 0.717) is 5.92 Å². The van der Waals surface area contributed by atoms with Crippen LogP contribution >= 0.6 is 0 Å². The normalized spacial score (nSPS) is 20.0. The molecule has 0 saturated heterocycles. The molecule has 0 aliphatic heterocycles. The lowest BCUT2D eigenvalue weighted by Gasteiger charge is -2.22. The summed E-state index contributed by atoms with van der Waals surface area (Å²) in [7, 11) is 0. The molecule has 0 saturated carbocycles. The van der Waals surface area contributed by atoms with Crippen molar-refractivity contribution in [3.05, 3.63) is 58.7 Å². The van der Waals surface area contributed by atoms with Gasteiger partial charge in [0.2, 0.25) is 0 Å². The summed E-state index contributed by atoms with van der Waals surface area (Å²) in [6.45, 7) is 16.3. The first-order chi connectivity index (χ1) is 10.6. The maximum Gasteiger partial charge on any atom is -0.00102 e. The molecule has 0 fully saturated rings. The van der Waals surface area contributed by atoms with Crippen LogP contribution in [0.15, 0.2) is 58.7 Å². The van der Waals surface area contributed by atoms with Crippen molar-refractivity contribution in [2.24, 2.45) is 16.7 Å². The number of allylic oxidation sites excluding steroid dienone is 10. The molecule has 0 unspecified atom stereocenters. The molecule has 0 atom stereocenters. The highest BCUT2D eigenvalue weighted by Crippen LogP contribution is 2.44. The first-order valence-corrected chi connectivity index (χ1v) is 9.01. The van der Waals surface area contributed by atoms with E-state index in [2.05, 4.69) is 84.9 Å². The van der Waals surface area contributed by atoms with Gasteiger partial charge >= 0.3 is 0 Å². The molecule has 0 aromatic rings. The number of hydrogen-bond donors (Lipinski definition) is 0. The summed E-state index contributed by atoms with van der Waals surface area (Å²) in [5, 5.41) is 0. The highest BCUT2D eigenvalue weighted by molar-refractivity contribution is 5.45. The van der Waals surface area contributed by atoms with Gasteiger partial charge in [-0.2, -0.15) is 0 Å². The molecule has 126 valence electrons. The van der Waals surface area contributed by atoms with Crippen LogP contribution in [0.1, 0.15) is 67.7 Å². The van der Waals surface area contributed by atoms with Crippen LogP contribution in [-0.2, 0) is 0 Å². The van der Waals surface area contributed by atoms with E-state index in [1.807, 2.05) is 0 Å². The summed E-state index contributed by atoms with van der Waals surface area (Å²) in [6, 6.07) is 0. The molecule has 2 aliphatic carbocycles. The highest BCUT2D eigenvalue weighted by atomic mass is 14.3. The molecule has 0 aromatic heterocycles. The van der Waals surface area contributed by atoms with Crippen molar-refractivity contribution in [1.82, 2.24) is 0 Å². The van der Waals surface area contributed by atoms with E-state index >= 15 is 0 Å². The third-order valence-corrected chi connectivity index (χ3v) is 4.96. The Morgan fingerprint density at radius 1 is 1.04 bits per heavy atom. The monoisotopic (exact) mass is 310 g/mol. The summed E-state index contributed by atoms with van der Waals surface area (Å²) >= 11 is 0. The van der Waals surface area contributed by atoms with Gasteiger partial charge in [-0.3, -0.25) is 0 Å². The van der Waals surface area contributed by atoms with Gasteiger partial charge in [0.15, 0.2) is 0 Å². The van der Waals surface area contributed by atoms with Gasteiger partial charge in [-0.05, 0) is 48.5 Å². The fourth-order valence-corrected chi connectivity index (χ4v) is 3.43. The van der Waals surface area contributed by atoms with Crippen LogP contribution in [0.4, 0.5) is 0 Å². The van der Waals surface area contributed by atoms with Crippen molar-refractivity contribution in [3.8, 4) is 0 Å². The van der Waals surface area contributed by atoms with E-state index in [0.717, 1.165) is 19.3 Å². The zero-order valence-corrected chi connectivity index (χ0v) is 16.2. The molecule has 0 nitrogen and oxygen atoms in total. The van der Waals surface area contributed by atoms with Gasteiger partial charge in [0.1, 0.15) is 0 Å². The summed E-state index contributed by atoms with van der Waals surface area (Å²) < 4.78 is 0. The van der Waals surface area contributed by atoms with Crippen molar-refractivity contribution in [2.75, 3.05) is 0 Å². The van der Waals surface area contributed by atoms with E-state index < -0.39 is 0 Å². The second-order valence-corrected chi connectivity index (χ2v) is 9.26. The molecule has 2 aliphatic rings. The summed E-state index contributed by atoms with van der Waals surface area (Å²) in [5.41, 5.74) is 6.80. The van der Waals surface area contributed by atoms with Crippen molar-refractivity contribution < 1.29 is 0 Å². The first kappa shape index (κ1) is 18.0. The predicted molar refractivity (Wildman–Crippen MR) is 103 cm³/mol. The Labute approximate surface area is 143 Å². The van der Waals surface area contributed by atoms with Gasteiger partial charge in [-0.25, -0.2) is 0 Å². The highest BCUT2D eigenvalue weighted by Gasteiger charge is 2.29. The second kappa shape index (κ2) is 6.67. The average molecular weight is 311 g/mol. The molecule has 0 amide bonds. The molecule has 0 N–H and O–H groups in total. The van der Waals surface area contributed by atoms with Crippen LogP contribution in [0.5, 0.6) is 0 Å². The Hall–Kier alpha value is -1.30. The van der Waals surface area contributed by atoms with Gasteiger partial charge in [0, 0.05) is 0 Å². The molecule has 23 heavy (non-hydrogen) atoms. The first-order valence-electron chi connectivity index (χ1n) is 9.01. The van der Waals surface area contributed by atoms with Gasteiger partial charge in [-0.1, -0.05) is 94.7 Å². The average Bonchev–Trinajstić information content (AvgIpc) is 3.03. The van der Waals surface area contributed by atoms with E-state index in [1.54, 1.807) is 16.7 Å². The van der Waals surface area contributed by atoms with Crippen LogP contribution in [0, 0.1) is 16.7 Å². The molecule has 2 rings (SSSR count). The maximum absolute atomic E-state index is 2.49. The lowest BCUT2D eigenvalue weighted by molar-refractivity contribution is 0.493. The minimum absolute atomic E-state index is 0.237. The van der Waals surface area contributed by atoms with E-state index in [-0.39, 0.29) is 10.8 Å². The van der Waals surface area contributed by atoms with Crippen LogP contribution in [0.25, 0.3) is 0 Å². The SMILES string of the molecule is C/C(=C/CC1=C(C(C)(C)C)C=C(C(C)(C)C)C1)CC1C=CC=C1. The number of hydrogen-bond acceptors (Lipinski definition) is 0. The summed E-state index contributed by atoms with van der Waals surface area (Å²) in [4.78, 5) is 0. The van der Waals surface area contributed by atoms with Gasteiger partial charge in [0.05, 0.1) is 0 Å². The molecular weight excluding hydrogens is 276 g/mol. The predicted octanol–water partition coefficient (Wildman–Crippen LogP) is 7.17. The lowest BCUT2D eigenvalue weighted by atomic mass is 9.83. The lowest BCUT2D eigenvalue weighted by Crippen LogP contribution is -2.09. The van der Waals surface area contributed by atoms with Crippen molar-refractivity contribution in [1.29, 1.82) is 0 Å². The maximum atomic E-state index is 2.49. The zero-order valence-electron chi connectivity index (χ0n) is 16.2. The Balaban J connectivity index is 2.10. The minimum Gasteiger partial charge on any atom is -0.0815 e. The van der Waals surface area contributed by atoms with Crippen molar-refractivity contribution >= 4 is 0 Å². The standard InChI is InChI=1S/C23H34/c1-17(14-18-10-8-9-11-18)12-13-19-15-20(22(2,3)4)16-21(19)23(5,6)7/h8-12,16,18H,13-15H2,1-7H3/b17-12-. The van der Waals surface area contributed by atoms with Gasteiger partial charge in [-0.15, -0.1) is 0 Å². The van der Waals surface area contributed by atoms with Gasteiger partial charge < -0.3 is 0 Å². The Morgan fingerprint density at radius 2 is 1.65 bits per heavy atom. The van der Waals surface area contributed by atoms with Gasteiger partial charge in [0.25, 0.3) is 0 Å². The molecular formula is C23H34. The fourth-order valence-electron chi connectivity index (χ4n) is 3.43. The van der Waals surface area contributed by atoms with E-state index in [9.17, 15) is 0 Å². The molecule has 0 radical (unpaired) electrons. The van der Waals surface area contributed by atoms with E-state index in [1.165, 1.54) is 5.57 Å². The second-order valence-electron chi connectivity index (χ2n) is 9.26. The molecule has 0 bridgehead atoms. The smallest absolute Gasteiger partial charge is 0.00102 e. The zero-order chi connectivity index (χ0) is 17.3. The summed E-state index contributed by atoms with van der Waals surface area (Å²) in [5.74, 6) is 0.606. The van der Waals surface area contributed by atoms with Crippen LogP contribution in [0.2, 0.25) is 0 Å². The topological polar surface area (TPSA) is 0 Å². The number of rotatable bonds is 4. The third-order valence-electron chi connectivity index (χ3n) is 4.96. The van der Waals surface area contributed by atoms with Crippen LogP contribution in [-0.4, -0.2) is 0 Å². The largest absolute Gasteiger partial charge is 0.0815 e. The van der Waals surface area contributed by atoms with Crippen LogP contribution in [0.3, 0.4) is 0 Å².